The van der Waals surface area contributed by atoms with E-state index in [0.29, 0.717) is 6.54 Å². The summed E-state index contributed by atoms with van der Waals surface area (Å²) in [6.45, 7) is 8.01. The first-order valence-corrected chi connectivity index (χ1v) is 7.30. The third kappa shape index (κ3) is 3.08. The van der Waals surface area contributed by atoms with E-state index >= 15 is 0 Å². The van der Waals surface area contributed by atoms with Gasteiger partial charge in [0, 0.05) is 12.7 Å². The van der Waals surface area contributed by atoms with Crippen molar-refractivity contribution >= 4 is 17.0 Å². The number of carboxylic acid groups (broad SMARTS) is 1. The molecule has 0 aliphatic carbocycles. The van der Waals surface area contributed by atoms with Gasteiger partial charge in [-0.15, -0.1) is 0 Å². The monoisotopic (exact) mass is 317 g/mol. The van der Waals surface area contributed by atoms with Crippen LogP contribution in [0.4, 0.5) is 0 Å². The van der Waals surface area contributed by atoms with Gasteiger partial charge in [0.15, 0.2) is 11.7 Å². The second-order valence-corrected chi connectivity index (χ2v) is 6.57. The second kappa shape index (κ2) is 5.83. The molecule has 122 valence electrons. The Labute approximate surface area is 133 Å². The summed E-state index contributed by atoms with van der Waals surface area (Å²) in [7, 11) is 0. The number of rotatable bonds is 4. The van der Waals surface area contributed by atoms with Gasteiger partial charge in [-0.05, 0) is 11.8 Å². The van der Waals surface area contributed by atoms with Crippen molar-refractivity contribution in [1.29, 1.82) is 5.26 Å². The van der Waals surface area contributed by atoms with Crippen LogP contribution in [0, 0.1) is 16.7 Å². The molecule has 0 spiro atoms. The summed E-state index contributed by atoms with van der Waals surface area (Å²) in [4.78, 5) is 32.1. The first kappa shape index (κ1) is 16.7. The Morgan fingerprint density at radius 1 is 1.48 bits per heavy atom. The highest BCUT2D eigenvalue weighted by Crippen LogP contribution is 2.22. The van der Waals surface area contributed by atoms with Crippen LogP contribution in [0.15, 0.2) is 11.0 Å². The van der Waals surface area contributed by atoms with E-state index < -0.39 is 17.6 Å². The minimum absolute atomic E-state index is 0.0549. The lowest BCUT2D eigenvalue weighted by atomic mass is 9.97. The van der Waals surface area contributed by atoms with Crippen molar-refractivity contribution in [3.05, 3.63) is 22.4 Å². The molecule has 0 aliphatic heterocycles. The molecule has 23 heavy (non-hydrogen) atoms. The van der Waals surface area contributed by atoms with Gasteiger partial charge in [0.2, 0.25) is 5.82 Å². The van der Waals surface area contributed by atoms with E-state index in [9.17, 15) is 14.7 Å². The van der Waals surface area contributed by atoms with Gasteiger partial charge in [0.1, 0.15) is 11.5 Å². The van der Waals surface area contributed by atoms with Crippen LogP contribution in [0.5, 0.6) is 0 Å². The largest absolute Gasteiger partial charge is 0.480 e. The molecule has 1 N–H and O–H groups in total. The minimum atomic E-state index is -1.08. The van der Waals surface area contributed by atoms with Crippen LogP contribution < -0.4 is 5.56 Å². The van der Waals surface area contributed by atoms with Crippen LogP contribution in [0.2, 0.25) is 0 Å². The average Bonchev–Trinajstić information content (AvgIpc) is 2.71. The highest BCUT2D eigenvalue weighted by Gasteiger charge is 2.28. The first-order valence-electron chi connectivity index (χ1n) is 7.30. The van der Waals surface area contributed by atoms with Crippen molar-refractivity contribution in [3.8, 4) is 6.07 Å². The third-order valence-electron chi connectivity index (χ3n) is 3.40. The zero-order chi connectivity index (χ0) is 17.4. The van der Waals surface area contributed by atoms with Gasteiger partial charge >= 0.3 is 5.97 Å². The molecule has 1 unspecified atom stereocenters. The van der Waals surface area contributed by atoms with Gasteiger partial charge in [-0.2, -0.15) is 10.2 Å². The van der Waals surface area contributed by atoms with E-state index in [0.717, 1.165) is 0 Å². The van der Waals surface area contributed by atoms with E-state index in [1.165, 1.54) is 10.9 Å². The normalized spacial score (nSPS) is 13.0. The topological polar surface area (TPSA) is 114 Å². The SMILES string of the molecule is CCC(C(=O)O)n1c(=O)c2cnc(C#N)nc2n1CC(C)(C)C. The van der Waals surface area contributed by atoms with Crippen molar-refractivity contribution < 1.29 is 9.90 Å². The summed E-state index contributed by atoms with van der Waals surface area (Å²) in [6.07, 6.45) is 1.54. The molecule has 0 aliphatic rings. The zero-order valence-electron chi connectivity index (χ0n) is 13.6. The van der Waals surface area contributed by atoms with Gasteiger partial charge in [-0.1, -0.05) is 27.7 Å². The summed E-state index contributed by atoms with van der Waals surface area (Å²) < 4.78 is 2.77. The zero-order valence-corrected chi connectivity index (χ0v) is 13.6. The lowest BCUT2D eigenvalue weighted by Gasteiger charge is -2.24. The molecule has 0 fully saturated rings. The predicted octanol–water partition coefficient (Wildman–Crippen LogP) is 1.55. The van der Waals surface area contributed by atoms with E-state index in [-0.39, 0.29) is 28.7 Å². The molecule has 8 heteroatoms. The lowest BCUT2D eigenvalue weighted by Crippen LogP contribution is -2.34. The van der Waals surface area contributed by atoms with Crippen molar-refractivity contribution in [1.82, 2.24) is 19.3 Å². The second-order valence-electron chi connectivity index (χ2n) is 6.57. The molecule has 0 aromatic carbocycles. The van der Waals surface area contributed by atoms with Crippen LogP contribution in [0.25, 0.3) is 11.0 Å². The number of nitriles is 1. The highest BCUT2D eigenvalue weighted by molar-refractivity contribution is 5.76. The molecule has 0 radical (unpaired) electrons. The van der Waals surface area contributed by atoms with E-state index in [1.807, 2.05) is 26.8 Å². The molecule has 2 heterocycles. The van der Waals surface area contributed by atoms with Crippen molar-refractivity contribution in [2.45, 2.75) is 46.7 Å². The van der Waals surface area contributed by atoms with Gasteiger partial charge in [0.05, 0.1) is 0 Å². The number of hydrogen-bond acceptors (Lipinski definition) is 5. The standard InChI is InChI=1S/C15H19N5O3/c1-5-10(14(22)23)20-13(21)9-7-17-11(6-16)18-12(9)19(20)8-15(2,3)4/h7,10H,5,8H2,1-4H3,(H,22,23). The Morgan fingerprint density at radius 3 is 2.61 bits per heavy atom. The maximum absolute atomic E-state index is 12.7. The fourth-order valence-corrected chi connectivity index (χ4v) is 2.47. The Kier molecular flexibility index (Phi) is 4.23. The number of aliphatic carboxylic acids is 1. The molecule has 2 rings (SSSR count). The maximum Gasteiger partial charge on any atom is 0.328 e. The van der Waals surface area contributed by atoms with Gasteiger partial charge < -0.3 is 5.11 Å². The quantitative estimate of drug-likeness (QED) is 0.915. The number of carbonyl (C=O) groups is 1. The average molecular weight is 317 g/mol. The van der Waals surface area contributed by atoms with Crippen LogP contribution in [-0.2, 0) is 11.3 Å². The molecule has 0 saturated carbocycles. The van der Waals surface area contributed by atoms with E-state index in [4.69, 9.17) is 5.26 Å². The Bertz CT molecular complexity index is 851. The molecule has 0 bridgehead atoms. The maximum atomic E-state index is 12.7. The van der Waals surface area contributed by atoms with Crippen LogP contribution >= 0.6 is 0 Å². The molecule has 1 atom stereocenters. The smallest absolute Gasteiger partial charge is 0.328 e. The number of nitrogens with zero attached hydrogens (tertiary/aromatic N) is 5. The van der Waals surface area contributed by atoms with E-state index in [1.54, 1.807) is 11.6 Å². The first-order chi connectivity index (χ1) is 10.7. The van der Waals surface area contributed by atoms with Crippen LogP contribution in [0.1, 0.15) is 46.0 Å². The fourth-order valence-electron chi connectivity index (χ4n) is 2.47. The van der Waals surface area contributed by atoms with Crippen molar-refractivity contribution in [2.24, 2.45) is 5.41 Å². The number of carboxylic acids is 1. The van der Waals surface area contributed by atoms with Gasteiger partial charge in [-0.3, -0.25) is 9.48 Å². The summed E-state index contributed by atoms with van der Waals surface area (Å²) in [5.74, 6) is -1.14. The number of aromatic nitrogens is 4. The Hall–Kier alpha value is -2.69. The predicted molar refractivity (Wildman–Crippen MR) is 82.9 cm³/mol. The molecular formula is C15H19N5O3. The van der Waals surface area contributed by atoms with Crippen LogP contribution in [0.3, 0.4) is 0 Å². The molecule has 8 nitrogen and oxygen atoms in total. The van der Waals surface area contributed by atoms with Gasteiger partial charge in [0.25, 0.3) is 5.56 Å². The van der Waals surface area contributed by atoms with Crippen LogP contribution in [-0.4, -0.2) is 30.4 Å². The number of hydrogen-bond donors (Lipinski definition) is 1. The van der Waals surface area contributed by atoms with Gasteiger partial charge in [-0.25, -0.2) is 14.5 Å². The minimum Gasteiger partial charge on any atom is -0.480 e. The molecular weight excluding hydrogens is 298 g/mol. The van der Waals surface area contributed by atoms with E-state index in [2.05, 4.69) is 9.97 Å². The summed E-state index contributed by atoms with van der Waals surface area (Å²) >= 11 is 0. The Morgan fingerprint density at radius 2 is 2.13 bits per heavy atom. The summed E-state index contributed by atoms with van der Waals surface area (Å²) in [5, 5.41) is 18.6. The summed E-state index contributed by atoms with van der Waals surface area (Å²) in [6, 6.07) is 0.845. The van der Waals surface area contributed by atoms with Crippen molar-refractivity contribution in [3.63, 3.8) is 0 Å². The highest BCUT2D eigenvalue weighted by atomic mass is 16.4. The Balaban J connectivity index is 2.86. The number of fused-ring (bicyclic) bond motifs is 1. The molecule has 2 aromatic rings. The molecule has 0 saturated heterocycles. The molecule has 2 aromatic heterocycles. The molecule has 0 amide bonds. The summed E-state index contributed by atoms with van der Waals surface area (Å²) in [5.41, 5.74) is -0.381. The van der Waals surface area contributed by atoms with Crippen molar-refractivity contribution in [2.75, 3.05) is 0 Å². The fraction of sp³-hybridized carbons (Fsp3) is 0.533. The third-order valence-corrected chi connectivity index (χ3v) is 3.40. The lowest BCUT2D eigenvalue weighted by molar-refractivity contribution is -0.141.